The van der Waals surface area contributed by atoms with Gasteiger partial charge >= 0.3 is 0 Å². The highest BCUT2D eigenvalue weighted by Crippen LogP contribution is 2.17. The molecule has 7 heteroatoms. The fourth-order valence-electron chi connectivity index (χ4n) is 1.90. The van der Waals surface area contributed by atoms with Crippen molar-refractivity contribution in [2.24, 2.45) is 0 Å². The first-order valence-corrected chi connectivity index (χ1v) is 6.29. The van der Waals surface area contributed by atoms with Gasteiger partial charge in [-0.3, -0.25) is 0 Å². The summed E-state index contributed by atoms with van der Waals surface area (Å²) >= 11 is 0. The number of ether oxygens (including phenoxy) is 1. The van der Waals surface area contributed by atoms with Crippen LogP contribution >= 0.6 is 0 Å². The van der Waals surface area contributed by atoms with Crippen LogP contribution in [-0.2, 0) is 18.0 Å². The van der Waals surface area contributed by atoms with Crippen molar-refractivity contribution in [3.63, 3.8) is 0 Å². The van der Waals surface area contributed by atoms with E-state index in [1.165, 1.54) is 24.4 Å². The van der Waals surface area contributed by atoms with Gasteiger partial charge < -0.3 is 9.72 Å². The minimum absolute atomic E-state index is 0.199. The molecule has 108 valence electrons. The second-order valence-electron chi connectivity index (χ2n) is 4.35. The third-order valence-electron chi connectivity index (χ3n) is 2.85. The molecule has 3 aromatic rings. The number of aromatic nitrogens is 4. The van der Waals surface area contributed by atoms with Gasteiger partial charge in [0.25, 0.3) is 0 Å². The average molecular weight is 290 g/mol. The van der Waals surface area contributed by atoms with Crippen LogP contribution in [0.15, 0.2) is 42.9 Å². The summed E-state index contributed by atoms with van der Waals surface area (Å²) in [5, 5.41) is 4.10. The molecule has 0 aliphatic rings. The Labute approximate surface area is 119 Å². The van der Waals surface area contributed by atoms with Crippen molar-refractivity contribution in [1.82, 2.24) is 19.7 Å². The van der Waals surface area contributed by atoms with Gasteiger partial charge in [0.15, 0.2) is 11.6 Å². The molecule has 0 fully saturated rings. The molecule has 1 N–H and O–H groups in total. The number of benzene rings is 1. The van der Waals surface area contributed by atoms with E-state index in [1.807, 2.05) is 0 Å². The summed E-state index contributed by atoms with van der Waals surface area (Å²) in [6.45, 7) is 0.539. The number of imidazole rings is 1. The molecular weight excluding hydrogens is 278 g/mol. The normalized spacial score (nSPS) is 11.0. The molecule has 5 nitrogen and oxygen atoms in total. The van der Waals surface area contributed by atoms with Crippen LogP contribution in [0.1, 0.15) is 11.5 Å². The van der Waals surface area contributed by atoms with Crippen LogP contribution < -0.4 is 0 Å². The first kappa shape index (κ1) is 13.4. The molecule has 0 saturated heterocycles. The Morgan fingerprint density at radius 3 is 2.67 bits per heavy atom. The van der Waals surface area contributed by atoms with Crippen LogP contribution in [0.25, 0.3) is 5.69 Å². The lowest BCUT2D eigenvalue weighted by molar-refractivity contribution is 0.0994. The Morgan fingerprint density at radius 2 is 1.95 bits per heavy atom. The summed E-state index contributed by atoms with van der Waals surface area (Å²) < 4.78 is 33.9. The quantitative estimate of drug-likeness (QED) is 0.785. The monoisotopic (exact) mass is 290 g/mol. The van der Waals surface area contributed by atoms with Gasteiger partial charge in [-0.1, -0.05) is 6.07 Å². The van der Waals surface area contributed by atoms with Crippen molar-refractivity contribution < 1.29 is 13.5 Å². The number of rotatable bonds is 5. The summed E-state index contributed by atoms with van der Waals surface area (Å²) in [4.78, 5) is 6.93. The Bertz CT molecular complexity index is 704. The maximum Gasteiger partial charge on any atom is 0.151 e. The number of para-hydroxylation sites is 1. The maximum atomic E-state index is 13.6. The zero-order chi connectivity index (χ0) is 14.7. The Balaban J connectivity index is 1.69. The van der Waals surface area contributed by atoms with Gasteiger partial charge in [0, 0.05) is 18.6 Å². The smallest absolute Gasteiger partial charge is 0.151 e. The second-order valence-corrected chi connectivity index (χ2v) is 4.35. The number of halogens is 2. The van der Waals surface area contributed by atoms with Crippen LogP contribution in [0.5, 0.6) is 0 Å². The first-order valence-electron chi connectivity index (χ1n) is 6.29. The van der Waals surface area contributed by atoms with E-state index in [9.17, 15) is 8.78 Å². The Hall–Kier alpha value is -2.54. The van der Waals surface area contributed by atoms with Crippen LogP contribution in [0.3, 0.4) is 0 Å². The van der Waals surface area contributed by atoms with Gasteiger partial charge in [0.1, 0.15) is 18.1 Å². The van der Waals surface area contributed by atoms with E-state index in [0.29, 0.717) is 18.1 Å². The predicted molar refractivity (Wildman–Crippen MR) is 70.6 cm³/mol. The van der Waals surface area contributed by atoms with Crippen molar-refractivity contribution in [3.8, 4) is 5.69 Å². The molecule has 0 radical (unpaired) electrons. The second kappa shape index (κ2) is 5.84. The third kappa shape index (κ3) is 2.97. The summed E-state index contributed by atoms with van der Waals surface area (Å²) in [6.07, 6.45) is 4.83. The van der Waals surface area contributed by atoms with E-state index in [2.05, 4.69) is 15.1 Å². The fourth-order valence-corrected chi connectivity index (χ4v) is 1.90. The lowest BCUT2D eigenvalue weighted by atomic mass is 10.3. The van der Waals surface area contributed by atoms with Crippen molar-refractivity contribution >= 4 is 0 Å². The molecule has 1 aromatic carbocycles. The topological polar surface area (TPSA) is 55.7 Å². The van der Waals surface area contributed by atoms with Gasteiger partial charge in [-0.25, -0.2) is 18.4 Å². The standard InChI is InChI=1S/C14H12F2N4O/c15-11-2-1-3-12(16)14(11)20-7-4-10(19-20)8-21-9-13-17-5-6-18-13/h1-7H,8-9H2,(H,17,18). The van der Waals surface area contributed by atoms with Crippen molar-refractivity contribution in [2.45, 2.75) is 13.2 Å². The molecule has 2 aromatic heterocycles. The number of hydrogen-bond acceptors (Lipinski definition) is 3. The Morgan fingerprint density at radius 1 is 1.14 bits per heavy atom. The van der Waals surface area contributed by atoms with E-state index in [0.717, 1.165) is 4.68 Å². The van der Waals surface area contributed by atoms with Crippen LogP contribution in [0.4, 0.5) is 8.78 Å². The van der Waals surface area contributed by atoms with Crippen LogP contribution in [0.2, 0.25) is 0 Å². The molecule has 0 aliphatic carbocycles. The molecule has 0 bridgehead atoms. The van der Waals surface area contributed by atoms with Crippen LogP contribution in [0, 0.1) is 11.6 Å². The Kier molecular flexibility index (Phi) is 3.74. The molecular formula is C14H12F2N4O. The molecule has 0 aliphatic heterocycles. The largest absolute Gasteiger partial charge is 0.367 e. The highest BCUT2D eigenvalue weighted by atomic mass is 19.1. The lowest BCUT2D eigenvalue weighted by Gasteiger charge is -2.04. The summed E-state index contributed by atoms with van der Waals surface area (Å²) in [6, 6.07) is 5.33. The van der Waals surface area contributed by atoms with Crippen LogP contribution in [-0.4, -0.2) is 19.7 Å². The van der Waals surface area contributed by atoms with Crippen molar-refractivity contribution in [3.05, 3.63) is 66.0 Å². The SMILES string of the molecule is Fc1cccc(F)c1-n1ccc(COCc2ncc[nH]2)n1. The van der Waals surface area contributed by atoms with Gasteiger partial charge in [0.2, 0.25) is 0 Å². The zero-order valence-electron chi connectivity index (χ0n) is 11.0. The molecule has 0 saturated carbocycles. The predicted octanol–water partition coefficient (Wildman–Crippen LogP) is 2.59. The molecule has 0 atom stereocenters. The molecule has 0 spiro atoms. The summed E-state index contributed by atoms with van der Waals surface area (Å²) in [5.41, 5.74) is 0.374. The van der Waals surface area contributed by atoms with Crippen molar-refractivity contribution in [1.29, 1.82) is 0 Å². The van der Waals surface area contributed by atoms with E-state index < -0.39 is 11.6 Å². The molecule has 3 rings (SSSR count). The van der Waals surface area contributed by atoms with E-state index in [4.69, 9.17) is 4.74 Å². The number of H-pyrrole nitrogens is 1. The molecule has 0 amide bonds. The van der Waals surface area contributed by atoms with Crippen molar-refractivity contribution in [2.75, 3.05) is 0 Å². The van der Waals surface area contributed by atoms with Gasteiger partial charge in [0.05, 0.1) is 12.3 Å². The zero-order valence-corrected chi connectivity index (χ0v) is 11.0. The number of aromatic amines is 1. The van der Waals surface area contributed by atoms with E-state index in [1.54, 1.807) is 18.5 Å². The maximum absolute atomic E-state index is 13.6. The lowest BCUT2D eigenvalue weighted by Crippen LogP contribution is -2.03. The van der Waals surface area contributed by atoms with Gasteiger partial charge in [-0.05, 0) is 18.2 Å². The highest BCUT2D eigenvalue weighted by Gasteiger charge is 2.12. The minimum Gasteiger partial charge on any atom is -0.367 e. The minimum atomic E-state index is -0.666. The third-order valence-corrected chi connectivity index (χ3v) is 2.85. The highest BCUT2D eigenvalue weighted by molar-refractivity contribution is 5.34. The number of hydrogen-bond donors (Lipinski definition) is 1. The number of nitrogens with zero attached hydrogens (tertiary/aromatic N) is 3. The molecule has 21 heavy (non-hydrogen) atoms. The molecule has 0 unspecified atom stereocenters. The fraction of sp³-hybridized carbons (Fsp3) is 0.143. The van der Waals surface area contributed by atoms with Gasteiger partial charge in [-0.2, -0.15) is 5.10 Å². The summed E-state index contributed by atoms with van der Waals surface area (Å²) in [5.74, 6) is -0.628. The average Bonchev–Trinajstić information content (AvgIpc) is 3.11. The van der Waals surface area contributed by atoms with E-state index in [-0.39, 0.29) is 12.3 Å². The molecule has 2 heterocycles. The first-order chi connectivity index (χ1) is 10.2. The number of nitrogens with one attached hydrogen (secondary N) is 1. The van der Waals surface area contributed by atoms with Gasteiger partial charge in [-0.15, -0.1) is 0 Å². The summed E-state index contributed by atoms with van der Waals surface area (Å²) in [7, 11) is 0. The van der Waals surface area contributed by atoms with E-state index >= 15 is 0 Å².